The van der Waals surface area contributed by atoms with Crippen LogP contribution in [-0.2, 0) is 14.3 Å². The minimum absolute atomic E-state index is 0.0152. The Bertz CT molecular complexity index is 327. The molecule has 2 atom stereocenters. The molecule has 2 aliphatic rings. The van der Waals surface area contributed by atoms with Crippen molar-refractivity contribution in [2.75, 3.05) is 26.3 Å². The van der Waals surface area contributed by atoms with E-state index in [1.54, 1.807) is 4.90 Å². The average molecular weight is 255 g/mol. The minimum atomic E-state index is -0.803. The Labute approximate surface area is 107 Å². The lowest BCUT2D eigenvalue weighted by atomic mass is 9.99. The highest BCUT2D eigenvalue weighted by Crippen LogP contribution is 2.29. The minimum Gasteiger partial charge on any atom is -0.481 e. The van der Waals surface area contributed by atoms with Crippen molar-refractivity contribution < 1.29 is 19.4 Å². The van der Waals surface area contributed by atoms with Crippen molar-refractivity contribution in [1.82, 2.24) is 4.90 Å². The fourth-order valence-electron chi connectivity index (χ4n) is 2.34. The smallest absolute Gasteiger partial charge is 0.308 e. The van der Waals surface area contributed by atoms with E-state index in [0.717, 1.165) is 6.61 Å². The van der Waals surface area contributed by atoms with Crippen LogP contribution in [-0.4, -0.2) is 48.2 Å². The van der Waals surface area contributed by atoms with Gasteiger partial charge in [-0.1, -0.05) is 6.92 Å². The zero-order valence-electron chi connectivity index (χ0n) is 10.8. The van der Waals surface area contributed by atoms with Gasteiger partial charge in [-0.05, 0) is 24.7 Å². The van der Waals surface area contributed by atoms with Gasteiger partial charge in [0.25, 0.3) is 0 Å². The molecule has 1 N–H and O–H groups in total. The summed E-state index contributed by atoms with van der Waals surface area (Å²) in [4.78, 5) is 24.5. The molecule has 1 aliphatic carbocycles. The second kappa shape index (κ2) is 5.69. The molecule has 5 heteroatoms. The standard InChI is InChI=1S/C13H21NO4/c1-9-6-14(7-11(9)13(16)17)12(15)4-5-18-8-10-2-3-10/h9-11H,2-8H2,1H3,(H,16,17)/t9-,11-/m1/s1. The maximum Gasteiger partial charge on any atom is 0.308 e. The Hall–Kier alpha value is -1.10. The fraction of sp³-hybridized carbons (Fsp3) is 0.846. The number of carboxylic acid groups (broad SMARTS) is 1. The summed E-state index contributed by atoms with van der Waals surface area (Å²) in [5.41, 5.74) is 0. The van der Waals surface area contributed by atoms with Crippen LogP contribution in [0, 0.1) is 17.8 Å². The summed E-state index contributed by atoms with van der Waals surface area (Å²) < 4.78 is 5.43. The predicted octanol–water partition coefficient (Wildman–Crippen LogP) is 0.982. The molecule has 5 nitrogen and oxygen atoms in total. The molecule has 1 aliphatic heterocycles. The Morgan fingerprint density at radius 3 is 2.61 bits per heavy atom. The summed E-state index contributed by atoms with van der Waals surface area (Å²) >= 11 is 0. The van der Waals surface area contributed by atoms with Crippen molar-refractivity contribution in [3.63, 3.8) is 0 Å². The molecule has 1 saturated heterocycles. The maximum atomic E-state index is 11.9. The van der Waals surface area contributed by atoms with E-state index >= 15 is 0 Å². The third-order valence-corrected chi connectivity index (χ3v) is 3.79. The molecule has 0 unspecified atom stereocenters. The lowest BCUT2D eigenvalue weighted by molar-refractivity contribution is -0.142. The Morgan fingerprint density at radius 1 is 1.33 bits per heavy atom. The second-order valence-electron chi connectivity index (χ2n) is 5.49. The largest absolute Gasteiger partial charge is 0.481 e. The van der Waals surface area contributed by atoms with Gasteiger partial charge in [0.1, 0.15) is 0 Å². The number of hydrogen-bond donors (Lipinski definition) is 1. The van der Waals surface area contributed by atoms with E-state index in [1.165, 1.54) is 12.8 Å². The van der Waals surface area contributed by atoms with Crippen LogP contribution < -0.4 is 0 Å². The molecule has 0 bridgehead atoms. The van der Waals surface area contributed by atoms with E-state index in [0.29, 0.717) is 32.0 Å². The van der Waals surface area contributed by atoms with E-state index in [1.807, 2.05) is 6.92 Å². The number of nitrogens with zero attached hydrogens (tertiary/aromatic N) is 1. The average Bonchev–Trinajstić information content (AvgIpc) is 3.05. The SMILES string of the molecule is C[C@@H]1CN(C(=O)CCOCC2CC2)C[C@H]1C(=O)O. The zero-order valence-corrected chi connectivity index (χ0v) is 10.8. The first-order chi connectivity index (χ1) is 8.58. The number of carbonyl (C=O) groups is 2. The summed E-state index contributed by atoms with van der Waals surface area (Å²) in [7, 11) is 0. The van der Waals surface area contributed by atoms with Crippen LogP contribution >= 0.6 is 0 Å². The van der Waals surface area contributed by atoms with Crippen LogP contribution in [0.15, 0.2) is 0 Å². The first kappa shape index (κ1) is 13.3. The fourth-order valence-corrected chi connectivity index (χ4v) is 2.34. The molecule has 102 valence electrons. The van der Waals surface area contributed by atoms with E-state index in [9.17, 15) is 9.59 Å². The zero-order chi connectivity index (χ0) is 13.1. The number of carboxylic acids is 1. The van der Waals surface area contributed by atoms with E-state index in [-0.39, 0.29) is 11.8 Å². The lowest BCUT2D eigenvalue weighted by Crippen LogP contribution is -2.30. The third kappa shape index (κ3) is 3.45. The van der Waals surface area contributed by atoms with Crippen LogP contribution in [0.1, 0.15) is 26.2 Å². The Kier molecular flexibility index (Phi) is 4.22. The molecule has 2 fully saturated rings. The molecule has 1 saturated carbocycles. The number of aliphatic carboxylic acids is 1. The molecule has 0 spiro atoms. The Morgan fingerprint density at radius 2 is 2.06 bits per heavy atom. The van der Waals surface area contributed by atoms with Crippen molar-refractivity contribution in [1.29, 1.82) is 0 Å². The number of ether oxygens (including phenoxy) is 1. The molecule has 0 aromatic heterocycles. The molecule has 0 radical (unpaired) electrons. The van der Waals surface area contributed by atoms with Gasteiger partial charge in [0, 0.05) is 19.7 Å². The second-order valence-corrected chi connectivity index (χ2v) is 5.49. The quantitative estimate of drug-likeness (QED) is 0.718. The van der Waals surface area contributed by atoms with E-state index in [2.05, 4.69) is 0 Å². The summed E-state index contributed by atoms with van der Waals surface area (Å²) in [6, 6.07) is 0. The van der Waals surface area contributed by atoms with E-state index < -0.39 is 11.9 Å². The van der Waals surface area contributed by atoms with Crippen LogP contribution in [0.25, 0.3) is 0 Å². The molecule has 1 heterocycles. The molecule has 18 heavy (non-hydrogen) atoms. The van der Waals surface area contributed by atoms with Crippen LogP contribution in [0.3, 0.4) is 0 Å². The van der Waals surface area contributed by atoms with Crippen molar-refractivity contribution in [3.8, 4) is 0 Å². The molecule has 0 aromatic rings. The number of likely N-dealkylation sites (tertiary alicyclic amines) is 1. The monoisotopic (exact) mass is 255 g/mol. The third-order valence-electron chi connectivity index (χ3n) is 3.79. The molecule has 2 rings (SSSR count). The number of rotatable bonds is 6. The van der Waals surface area contributed by atoms with Gasteiger partial charge >= 0.3 is 5.97 Å². The number of carbonyl (C=O) groups excluding carboxylic acids is 1. The highest BCUT2D eigenvalue weighted by molar-refractivity contribution is 5.79. The maximum absolute atomic E-state index is 11.9. The normalized spacial score (nSPS) is 27.5. The lowest BCUT2D eigenvalue weighted by Gasteiger charge is -2.15. The van der Waals surface area contributed by atoms with Crippen molar-refractivity contribution >= 4 is 11.9 Å². The van der Waals surface area contributed by atoms with Crippen LogP contribution in [0.5, 0.6) is 0 Å². The predicted molar refractivity (Wildman–Crippen MR) is 65.0 cm³/mol. The van der Waals surface area contributed by atoms with Gasteiger partial charge in [0.2, 0.25) is 5.91 Å². The summed E-state index contributed by atoms with van der Waals surface area (Å²) in [5, 5.41) is 9.00. The summed E-state index contributed by atoms with van der Waals surface area (Å²) in [5.74, 6) is -0.451. The van der Waals surface area contributed by atoms with Gasteiger partial charge in [0.05, 0.1) is 18.9 Å². The van der Waals surface area contributed by atoms with Gasteiger partial charge in [0.15, 0.2) is 0 Å². The topological polar surface area (TPSA) is 66.8 Å². The van der Waals surface area contributed by atoms with Gasteiger partial charge in [-0.2, -0.15) is 0 Å². The summed E-state index contributed by atoms with van der Waals surface area (Å²) in [6.07, 6.45) is 2.86. The van der Waals surface area contributed by atoms with Crippen LogP contribution in [0.2, 0.25) is 0 Å². The van der Waals surface area contributed by atoms with Crippen LogP contribution in [0.4, 0.5) is 0 Å². The van der Waals surface area contributed by atoms with Gasteiger partial charge in [-0.3, -0.25) is 9.59 Å². The van der Waals surface area contributed by atoms with Crippen molar-refractivity contribution in [3.05, 3.63) is 0 Å². The highest BCUT2D eigenvalue weighted by Gasteiger charge is 2.36. The summed E-state index contributed by atoms with van der Waals surface area (Å²) in [6.45, 7) is 4.01. The van der Waals surface area contributed by atoms with Gasteiger partial charge < -0.3 is 14.7 Å². The molecule has 1 amide bonds. The highest BCUT2D eigenvalue weighted by atomic mass is 16.5. The number of hydrogen-bond acceptors (Lipinski definition) is 3. The Balaban J connectivity index is 1.67. The van der Waals surface area contributed by atoms with Gasteiger partial charge in [-0.15, -0.1) is 0 Å². The molecular formula is C13H21NO4. The number of amides is 1. The van der Waals surface area contributed by atoms with Gasteiger partial charge in [-0.25, -0.2) is 0 Å². The first-order valence-corrected chi connectivity index (χ1v) is 6.66. The van der Waals surface area contributed by atoms with E-state index in [4.69, 9.17) is 9.84 Å². The molecular weight excluding hydrogens is 234 g/mol. The first-order valence-electron chi connectivity index (χ1n) is 6.66. The van der Waals surface area contributed by atoms with Crippen molar-refractivity contribution in [2.24, 2.45) is 17.8 Å². The van der Waals surface area contributed by atoms with Crippen molar-refractivity contribution in [2.45, 2.75) is 26.2 Å². The molecule has 0 aromatic carbocycles.